The topological polar surface area (TPSA) is 30.5 Å². The second-order valence-electron chi connectivity index (χ2n) is 7.97. The second kappa shape index (κ2) is 6.55. The van der Waals surface area contributed by atoms with Gasteiger partial charge in [0.1, 0.15) is 0 Å². The van der Waals surface area contributed by atoms with E-state index in [1.165, 1.54) is 38.5 Å². The highest BCUT2D eigenvalue weighted by Crippen LogP contribution is 2.53. The molecule has 5 rings (SSSR count). The third-order valence-electron chi connectivity index (χ3n) is 6.40. The van der Waals surface area contributed by atoms with Crippen LogP contribution >= 0.6 is 0 Å². The molecular weight excluding hydrogens is 262 g/mol. The summed E-state index contributed by atoms with van der Waals surface area (Å²) in [6, 6.07) is 0.830. The lowest BCUT2D eigenvalue weighted by Crippen LogP contribution is -2.54. The van der Waals surface area contributed by atoms with E-state index in [0.29, 0.717) is 6.10 Å². The predicted molar refractivity (Wildman–Crippen MR) is 83.2 cm³/mol. The van der Waals surface area contributed by atoms with Crippen molar-refractivity contribution in [2.75, 3.05) is 26.4 Å². The van der Waals surface area contributed by atoms with Gasteiger partial charge in [0.25, 0.3) is 0 Å². The highest BCUT2D eigenvalue weighted by Gasteiger charge is 2.47. The van der Waals surface area contributed by atoms with E-state index in [9.17, 15) is 0 Å². The minimum absolute atomic E-state index is 0.377. The Hall–Kier alpha value is -0.120. The molecule has 120 valence electrons. The van der Waals surface area contributed by atoms with Crippen LogP contribution in [0, 0.1) is 23.7 Å². The van der Waals surface area contributed by atoms with Gasteiger partial charge in [0.2, 0.25) is 0 Å². The van der Waals surface area contributed by atoms with E-state index in [4.69, 9.17) is 9.47 Å². The summed E-state index contributed by atoms with van der Waals surface area (Å²) >= 11 is 0. The number of hydrogen-bond donors (Lipinski definition) is 1. The monoisotopic (exact) mass is 293 g/mol. The van der Waals surface area contributed by atoms with Crippen molar-refractivity contribution in [2.24, 2.45) is 23.7 Å². The van der Waals surface area contributed by atoms with Crippen LogP contribution in [0.3, 0.4) is 0 Å². The maximum absolute atomic E-state index is 5.76. The Labute approximate surface area is 129 Å². The fourth-order valence-electron chi connectivity index (χ4n) is 5.69. The van der Waals surface area contributed by atoms with Gasteiger partial charge in [0, 0.05) is 19.3 Å². The zero-order chi connectivity index (χ0) is 14.1. The van der Waals surface area contributed by atoms with E-state index in [0.717, 1.165) is 62.5 Å². The molecule has 5 aliphatic rings. The number of rotatable bonds is 7. The molecule has 4 bridgehead atoms. The predicted octanol–water partition coefficient (Wildman–Crippen LogP) is 2.99. The summed E-state index contributed by atoms with van der Waals surface area (Å²) in [5.41, 5.74) is 0. The normalized spacial score (nSPS) is 44.6. The molecule has 1 unspecified atom stereocenters. The number of nitrogens with one attached hydrogen (secondary N) is 1. The third-order valence-corrected chi connectivity index (χ3v) is 6.40. The lowest BCUT2D eigenvalue weighted by atomic mass is 9.54. The van der Waals surface area contributed by atoms with Crippen LogP contribution in [-0.2, 0) is 9.47 Å². The van der Waals surface area contributed by atoms with Crippen molar-refractivity contribution in [3.8, 4) is 0 Å². The summed E-state index contributed by atoms with van der Waals surface area (Å²) in [6.45, 7) is 3.76. The largest absolute Gasteiger partial charge is 0.379 e. The van der Waals surface area contributed by atoms with Gasteiger partial charge in [-0.15, -0.1) is 0 Å². The first-order chi connectivity index (χ1) is 10.4. The van der Waals surface area contributed by atoms with E-state index >= 15 is 0 Å². The molecule has 0 aromatic heterocycles. The Bertz CT molecular complexity index is 312. The Morgan fingerprint density at radius 1 is 1.00 bits per heavy atom. The van der Waals surface area contributed by atoms with Crippen LogP contribution in [-0.4, -0.2) is 38.5 Å². The molecule has 1 heterocycles. The lowest BCUT2D eigenvalue weighted by Gasteiger charge is -2.54. The zero-order valence-electron chi connectivity index (χ0n) is 13.3. The lowest BCUT2D eigenvalue weighted by molar-refractivity contribution is -0.0153. The molecule has 1 N–H and O–H groups in total. The first-order valence-electron chi connectivity index (χ1n) is 9.31. The van der Waals surface area contributed by atoms with Gasteiger partial charge < -0.3 is 14.8 Å². The van der Waals surface area contributed by atoms with Gasteiger partial charge in [-0.3, -0.25) is 0 Å². The van der Waals surface area contributed by atoms with Gasteiger partial charge in [-0.05, 0) is 81.6 Å². The molecule has 4 saturated carbocycles. The fraction of sp³-hybridized carbons (Fsp3) is 1.00. The average Bonchev–Trinajstić information content (AvgIpc) is 2.97. The molecule has 4 aliphatic carbocycles. The van der Waals surface area contributed by atoms with Crippen LogP contribution in [0.5, 0.6) is 0 Å². The quantitative estimate of drug-likeness (QED) is 0.732. The first-order valence-corrected chi connectivity index (χ1v) is 9.31. The Morgan fingerprint density at radius 3 is 2.43 bits per heavy atom. The highest BCUT2D eigenvalue weighted by atomic mass is 16.5. The maximum Gasteiger partial charge on any atom is 0.0809 e. The van der Waals surface area contributed by atoms with Crippen LogP contribution in [0.25, 0.3) is 0 Å². The van der Waals surface area contributed by atoms with Crippen molar-refractivity contribution in [3.63, 3.8) is 0 Å². The molecule has 1 saturated heterocycles. The van der Waals surface area contributed by atoms with E-state index in [-0.39, 0.29) is 0 Å². The highest BCUT2D eigenvalue weighted by molar-refractivity contribution is 5.01. The van der Waals surface area contributed by atoms with Crippen LogP contribution in [0.1, 0.15) is 51.4 Å². The molecule has 0 radical (unpaired) electrons. The van der Waals surface area contributed by atoms with Gasteiger partial charge >= 0.3 is 0 Å². The van der Waals surface area contributed by atoms with Gasteiger partial charge in [0.15, 0.2) is 0 Å². The van der Waals surface area contributed by atoms with E-state index in [2.05, 4.69) is 5.32 Å². The molecule has 0 spiro atoms. The van der Waals surface area contributed by atoms with Crippen LogP contribution in [0.4, 0.5) is 0 Å². The smallest absolute Gasteiger partial charge is 0.0809 e. The third kappa shape index (κ3) is 3.30. The Balaban J connectivity index is 1.12. The van der Waals surface area contributed by atoms with Crippen molar-refractivity contribution in [1.29, 1.82) is 0 Å². The standard InChI is InChI=1S/C18H31NO2/c1-3-17(21-6-1)12-20-5-2-4-19-18-15-8-13-7-14(10-15)11-16(18)9-13/h13-19H,1-12H2. The first kappa shape index (κ1) is 14.5. The molecule has 3 nitrogen and oxygen atoms in total. The van der Waals surface area contributed by atoms with Crippen LogP contribution in [0.2, 0.25) is 0 Å². The number of hydrogen-bond acceptors (Lipinski definition) is 3. The fourth-order valence-corrected chi connectivity index (χ4v) is 5.69. The summed E-state index contributed by atoms with van der Waals surface area (Å²) in [4.78, 5) is 0. The molecule has 0 aromatic rings. The molecule has 1 atom stereocenters. The molecular formula is C18H31NO2. The van der Waals surface area contributed by atoms with Gasteiger partial charge in [0.05, 0.1) is 12.7 Å². The summed E-state index contributed by atoms with van der Waals surface area (Å²) < 4.78 is 11.3. The average molecular weight is 293 g/mol. The Kier molecular flexibility index (Phi) is 4.52. The van der Waals surface area contributed by atoms with E-state index < -0.39 is 0 Å². The number of ether oxygens (including phenoxy) is 2. The molecule has 3 heteroatoms. The van der Waals surface area contributed by atoms with Crippen molar-refractivity contribution in [2.45, 2.75) is 63.5 Å². The van der Waals surface area contributed by atoms with Gasteiger partial charge in [-0.1, -0.05) is 0 Å². The second-order valence-corrected chi connectivity index (χ2v) is 7.97. The van der Waals surface area contributed by atoms with E-state index in [1.807, 2.05) is 0 Å². The molecule has 5 fully saturated rings. The Morgan fingerprint density at radius 2 is 1.76 bits per heavy atom. The van der Waals surface area contributed by atoms with Crippen LogP contribution in [0.15, 0.2) is 0 Å². The molecule has 21 heavy (non-hydrogen) atoms. The molecule has 0 amide bonds. The summed E-state index contributed by atoms with van der Waals surface area (Å²) in [5.74, 6) is 4.16. The summed E-state index contributed by atoms with van der Waals surface area (Å²) in [6.07, 6.45) is 11.5. The molecule has 0 aromatic carbocycles. The molecule has 1 aliphatic heterocycles. The maximum atomic E-state index is 5.76. The zero-order valence-corrected chi connectivity index (χ0v) is 13.3. The van der Waals surface area contributed by atoms with Gasteiger partial charge in [-0.25, -0.2) is 0 Å². The van der Waals surface area contributed by atoms with Crippen molar-refractivity contribution < 1.29 is 9.47 Å². The minimum Gasteiger partial charge on any atom is -0.379 e. The van der Waals surface area contributed by atoms with Crippen molar-refractivity contribution in [3.05, 3.63) is 0 Å². The van der Waals surface area contributed by atoms with Crippen LogP contribution < -0.4 is 5.32 Å². The van der Waals surface area contributed by atoms with Gasteiger partial charge in [-0.2, -0.15) is 0 Å². The van der Waals surface area contributed by atoms with Crippen molar-refractivity contribution in [1.82, 2.24) is 5.32 Å². The van der Waals surface area contributed by atoms with Crippen molar-refractivity contribution >= 4 is 0 Å². The summed E-state index contributed by atoms with van der Waals surface area (Å²) in [5, 5.41) is 3.88. The van der Waals surface area contributed by atoms with E-state index in [1.54, 1.807) is 6.42 Å². The summed E-state index contributed by atoms with van der Waals surface area (Å²) in [7, 11) is 0. The SMILES string of the molecule is C(CNC1C2CC3CC(C2)CC1C3)COCC1CCCO1. The minimum atomic E-state index is 0.377.